The number of rotatable bonds is 2. The molecular formula is C7H11FN2O. The maximum Gasteiger partial charge on any atom is 0.308 e. The summed E-state index contributed by atoms with van der Waals surface area (Å²) in [6.45, 7) is 4.79. The van der Waals surface area contributed by atoms with E-state index in [2.05, 4.69) is 16.3 Å². The number of halogens is 1. The first-order valence-electron chi connectivity index (χ1n) is 3.16. The zero-order valence-electron chi connectivity index (χ0n) is 6.65. The maximum absolute atomic E-state index is 12.4. The maximum atomic E-state index is 12.4. The Morgan fingerprint density at radius 2 is 2.27 bits per heavy atom. The van der Waals surface area contributed by atoms with Crippen LogP contribution in [0.25, 0.3) is 0 Å². The van der Waals surface area contributed by atoms with Gasteiger partial charge in [-0.2, -0.15) is 4.99 Å². The Morgan fingerprint density at radius 1 is 1.73 bits per heavy atom. The van der Waals surface area contributed by atoms with Crippen LogP contribution in [0.5, 0.6) is 0 Å². The van der Waals surface area contributed by atoms with Gasteiger partial charge in [-0.25, -0.2) is 9.80 Å². The van der Waals surface area contributed by atoms with E-state index in [1.54, 1.807) is 6.92 Å². The summed E-state index contributed by atoms with van der Waals surface area (Å²) in [5.74, 6) is -0.616. The van der Waals surface area contributed by atoms with Crippen LogP contribution in [0.4, 0.5) is 4.39 Å². The predicted octanol–water partition coefficient (Wildman–Crippen LogP) is 1.90. The van der Waals surface area contributed by atoms with Gasteiger partial charge < -0.3 is 4.74 Å². The molecule has 0 heterocycles. The Morgan fingerprint density at radius 3 is 2.55 bits per heavy atom. The molecule has 62 valence electrons. The zero-order chi connectivity index (χ0) is 8.85. The van der Waals surface area contributed by atoms with Crippen molar-refractivity contribution < 1.29 is 9.13 Å². The summed E-state index contributed by atoms with van der Waals surface area (Å²) in [4.78, 5) is 3.52. The fourth-order valence-electron chi connectivity index (χ4n) is 0.500. The van der Waals surface area contributed by atoms with E-state index in [1.165, 1.54) is 7.11 Å². The molecule has 0 spiro atoms. The fraction of sp³-hybridized carbons (Fsp3) is 0.429. The normalized spacial score (nSPS) is 11.0. The molecule has 0 rings (SSSR count). The van der Waals surface area contributed by atoms with Gasteiger partial charge in [-0.05, 0) is 6.42 Å². The minimum atomic E-state index is -0.616. The number of allylic oxidation sites excluding steroid dienone is 1. The van der Waals surface area contributed by atoms with E-state index in [9.17, 15) is 4.39 Å². The Balaban J connectivity index is 4.35. The lowest BCUT2D eigenvalue weighted by atomic mass is 10.3. The molecule has 0 aromatic carbocycles. The van der Waals surface area contributed by atoms with Gasteiger partial charge in [-0.3, -0.25) is 0 Å². The van der Waals surface area contributed by atoms with Crippen molar-refractivity contribution in [1.82, 2.24) is 0 Å². The standard InChI is InChI=1S/C7H11FN2O/c1-4-6(5(2)8)10-7(9)11-3/h9H,2,4H2,1,3H3. The van der Waals surface area contributed by atoms with Gasteiger partial charge in [0.25, 0.3) is 0 Å². The molecule has 0 aliphatic heterocycles. The van der Waals surface area contributed by atoms with Gasteiger partial charge in [0, 0.05) is 0 Å². The first-order valence-corrected chi connectivity index (χ1v) is 3.16. The first kappa shape index (κ1) is 9.81. The van der Waals surface area contributed by atoms with Crippen LogP contribution < -0.4 is 0 Å². The number of nitrogens with zero attached hydrogens (tertiary/aromatic N) is 1. The summed E-state index contributed by atoms with van der Waals surface area (Å²) in [6.07, 6.45) is 0.404. The molecule has 0 aromatic heterocycles. The molecule has 0 aromatic rings. The van der Waals surface area contributed by atoms with Crippen LogP contribution in [0.15, 0.2) is 17.4 Å². The van der Waals surface area contributed by atoms with Gasteiger partial charge in [0.15, 0.2) is 0 Å². The highest BCUT2D eigenvalue weighted by atomic mass is 19.1. The average molecular weight is 158 g/mol. The molecule has 11 heavy (non-hydrogen) atoms. The molecule has 0 radical (unpaired) electrons. The second-order valence-corrected chi connectivity index (χ2v) is 1.83. The van der Waals surface area contributed by atoms with Crippen molar-refractivity contribution in [3.63, 3.8) is 0 Å². The van der Waals surface area contributed by atoms with Gasteiger partial charge in [-0.15, -0.1) is 0 Å². The van der Waals surface area contributed by atoms with Gasteiger partial charge >= 0.3 is 6.02 Å². The summed E-state index contributed by atoms with van der Waals surface area (Å²) >= 11 is 0. The smallest absolute Gasteiger partial charge is 0.308 e. The minimum absolute atomic E-state index is 0.150. The number of ether oxygens (including phenoxy) is 1. The average Bonchev–Trinajstić information content (AvgIpc) is 1.99. The van der Waals surface area contributed by atoms with Crippen LogP contribution in [0.3, 0.4) is 0 Å². The summed E-state index contributed by atoms with van der Waals surface area (Å²) < 4.78 is 16.8. The van der Waals surface area contributed by atoms with Gasteiger partial charge in [-0.1, -0.05) is 13.5 Å². The highest BCUT2D eigenvalue weighted by Gasteiger charge is 2.01. The number of aliphatic imine (C=N–C) groups is 1. The molecular weight excluding hydrogens is 147 g/mol. The molecule has 0 amide bonds. The third-order valence-corrected chi connectivity index (χ3v) is 1.08. The van der Waals surface area contributed by atoms with E-state index in [-0.39, 0.29) is 11.7 Å². The summed E-state index contributed by atoms with van der Waals surface area (Å²) in [7, 11) is 1.31. The summed E-state index contributed by atoms with van der Waals surface area (Å²) in [5, 5.41) is 6.95. The lowest BCUT2D eigenvalue weighted by Gasteiger charge is -1.98. The Kier molecular flexibility index (Phi) is 4.10. The van der Waals surface area contributed by atoms with E-state index >= 15 is 0 Å². The van der Waals surface area contributed by atoms with E-state index in [4.69, 9.17) is 5.41 Å². The van der Waals surface area contributed by atoms with Crippen LogP contribution in [-0.4, -0.2) is 18.8 Å². The molecule has 0 bridgehead atoms. The van der Waals surface area contributed by atoms with Gasteiger partial charge in [0.1, 0.15) is 5.83 Å². The minimum Gasteiger partial charge on any atom is -0.467 e. The fourth-order valence-corrected chi connectivity index (χ4v) is 0.500. The topological polar surface area (TPSA) is 45.4 Å². The van der Waals surface area contributed by atoms with Crippen LogP contribution in [0.1, 0.15) is 13.3 Å². The van der Waals surface area contributed by atoms with Crippen molar-refractivity contribution in [2.24, 2.45) is 4.99 Å². The molecule has 0 aliphatic rings. The Bertz CT molecular complexity index is 199. The Hall–Kier alpha value is -1.19. The van der Waals surface area contributed by atoms with Crippen LogP contribution >= 0.6 is 0 Å². The van der Waals surface area contributed by atoms with Crippen LogP contribution in [0, 0.1) is 5.41 Å². The van der Waals surface area contributed by atoms with Crippen molar-refractivity contribution in [3.05, 3.63) is 12.4 Å². The van der Waals surface area contributed by atoms with Gasteiger partial charge in [0.05, 0.1) is 12.8 Å². The van der Waals surface area contributed by atoms with Crippen molar-refractivity contribution in [2.45, 2.75) is 13.3 Å². The first-order chi connectivity index (χ1) is 5.11. The van der Waals surface area contributed by atoms with E-state index in [0.29, 0.717) is 6.42 Å². The number of hydrogen-bond acceptors (Lipinski definition) is 2. The van der Waals surface area contributed by atoms with Crippen LogP contribution in [0.2, 0.25) is 0 Å². The third-order valence-electron chi connectivity index (χ3n) is 1.08. The number of amidine groups is 1. The van der Waals surface area contributed by atoms with Gasteiger partial charge in [0.2, 0.25) is 0 Å². The lowest BCUT2D eigenvalue weighted by Crippen LogP contribution is -2.03. The van der Waals surface area contributed by atoms with Crippen molar-refractivity contribution >= 4 is 11.7 Å². The quantitative estimate of drug-likeness (QED) is 0.484. The highest BCUT2D eigenvalue weighted by Crippen LogP contribution is 2.00. The molecule has 1 N–H and O–H groups in total. The molecule has 0 unspecified atom stereocenters. The SMILES string of the molecule is C=C(F)C(CC)=NC(=N)OC. The number of nitrogens with one attached hydrogen (secondary N) is 1. The van der Waals surface area contributed by atoms with E-state index in [0.717, 1.165) is 0 Å². The molecule has 0 fully saturated rings. The third kappa shape index (κ3) is 3.50. The molecule has 3 nitrogen and oxygen atoms in total. The van der Waals surface area contributed by atoms with E-state index < -0.39 is 5.83 Å². The molecule has 4 heteroatoms. The van der Waals surface area contributed by atoms with Crippen LogP contribution in [-0.2, 0) is 4.74 Å². The van der Waals surface area contributed by atoms with E-state index in [1.807, 2.05) is 0 Å². The second kappa shape index (κ2) is 4.60. The summed E-state index contributed by atoms with van der Waals surface area (Å²) in [6, 6.07) is -0.305. The Labute approximate surface area is 65.1 Å². The van der Waals surface area contributed by atoms with Crippen molar-refractivity contribution in [1.29, 1.82) is 5.41 Å². The molecule has 0 saturated carbocycles. The predicted molar refractivity (Wildman–Crippen MR) is 42.7 cm³/mol. The van der Waals surface area contributed by atoms with Crippen molar-refractivity contribution in [3.8, 4) is 0 Å². The molecule has 0 atom stereocenters. The second-order valence-electron chi connectivity index (χ2n) is 1.83. The zero-order valence-corrected chi connectivity index (χ0v) is 6.65. The molecule has 0 saturated heterocycles. The largest absolute Gasteiger partial charge is 0.467 e. The highest BCUT2D eigenvalue weighted by molar-refractivity contribution is 6.03. The number of methoxy groups -OCH3 is 1. The monoisotopic (exact) mass is 158 g/mol. The number of hydrogen-bond donors (Lipinski definition) is 1. The lowest BCUT2D eigenvalue weighted by molar-refractivity contribution is 0.393. The summed E-state index contributed by atoms with van der Waals surface area (Å²) in [5.41, 5.74) is 0.150. The van der Waals surface area contributed by atoms with Crippen molar-refractivity contribution in [2.75, 3.05) is 7.11 Å². The molecule has 0 aliphatic carbocycles.